The highest BCUT2D eigenvalue weighted by molar-refractivity contribution is 5.85. The summed E-state index contributed by atoms with van der Waals surface area (Å²) < 4.78 is 45.2. The lowest BCUT2D eigenvalue weighted by molar-refractivity contribution is -0.145. The van der Waals surface area contributed by atoms with E-state index in [0.717, 1.165) is 10.1 Å². The fraction of sp³-hybridized carbons (Fsp3) is 0.296. The number of amides is 2. The molecule has 0 aliphatic rings. The molecule has 7 nitrogen and oxygen atoms in total. The van der Waals surface area contributed by atoms with E-state index in [1.54, 1.807) is 74.5 Å². The van der Waals surface area contributed by atoms with Crippen LogP contribution in [0.4, 0.5) is 23.7 Å². The van der Waals surface area contributed by atoms with Crippen LogP contribution in [0.25, 0.3) is 11.3 Å². The number of carbonyl (C=O) groups is 2. The van der Waals surface area contributed by atoms with Crippen molar-refractivity contribution in [3.63, 3.8) is 0 Å². The number of aromatic nitrogens is 1. The second-order valence-electron chi connectivity index (χ2n) is 8.81. The average Bonchev–Trinajstić information content (AvgIpc) is 2.85. The van der Waals surface area contributed by atoms with Gasteiger partial charge in [-0.2, -0.15) is 13.2 Å². The van der Waals surface area contributed by atoms with E-state index >= 15 is 0 Å². The molecule has 0 saturated heterocycles. The average molecular weight is 516 g/mol. The Morgan fingerprint density at radius 3 is 2.16 bits per heavy atom. The van der Waals surface area contributed by atoms with Gasteiger partial charge in [0.2, 0.25) is 5.91 Å². The first kappa shape index (κ1) is 27.5. The molecule has 1 aromatic heterocycles. The first-order chi connectivity index (χ1) is 17.5. The van der Waals surface area contributed by atoms with E-state index in [0.29, 0.717) is 11.3 Å². The van der Waals surface area contributed by atoms with Crippen LogP contribution in [-0.4, -0.2) is 28.8 Å². The highest BCUT2D eigenvalue weighted by atomic mass is 19.4. The largest absolute Gasteiger partial charge is 0.444 e. The molecule has 0 fully saturated rings. The summed E-state index contributed by atoms with van der Waals surface area (Å²) in [5.41, 5.74) is 0.887. The summed E-state index contributed by atoms with van der Waals surface area (Å²) in [6.07, 6.45) is -6.52. The minimum atomic E-state index is -4.46. The van der Waals surface area contributed by atoms with E-state index in [-0.39, 0.29) is 12.3 Å². The lowest BCUT2D eigenvalue weighted by Crippen LogP contribution is -2.44. The van der Waals surface area contributed by atoms with Crippen molar-refractivity contribution in [2.24, 2.45) is 5.92 Å². The van der Waals surface area contributed by atoms with Gasteiger partial charge in [-0.25, -0.2) is 4.79 Å². The van der Waals surface area contributed by atoms with Gasteiger partial charge in [-0.1, -0.05) is 74.5 Å². The zero-order valence-corrected chi connectivity index (χ0v) is 20.4. The van der Waals surface area contributed by atoms with Crippen molar-refractivity contribution in [3.05, 3.63) is 88.7 Å². The third-order valence-electron chi connectivity index (χ3n) is 5.60. The molecule has 1 unspecified atom stereocenters. The molecule has 0 spiro atoms. The number of rotatable bonds is 9. The molecule has 0 saturated carbocycles. The number of carbonyl (C=O) groups excluding carboxylic acids is 2. The van der Waals surface area contributed by atoms with E-state index in [2.05, 4.69) is 10.6 Å². The summed E-state index contributed by atoms with van der Waals surface area (Å²) in [5, 5.41) is 4.78. The predicted molar refractivity (Wildman–Crippen MR) is 134 cm³/mol. The number of benzene rings is 2. The van der Waals surface area contributed by atoms with Gasteiger partial charge in [0.25, 0.3) is 5.56 Å². The highest BCUT2D eigenvalue weighted by Gasteiger charge is 2.34. The zero-order valence-electron chi connectivity index (χ0n) is 20.4. The van der Waals surface area contributed by atoms with E-state index in [4.69, 9.17) is 4.74 Å². The molecule has 10 heteroatoms. The maximum atomic E-state index is 13.3. The molecule has 0 radical (unpaired) electrons. The van der Waals surface area contributed by atoms with Gasteiger partial charge < -0.3 is 10.1 Å². The number of anilines is 1. The summed E-state index contributed by atoms with van der Waals surface area (Å²) in [6, 6.07) is 19.5. The van der Waals surface area contributed by atoms with Crippen LogP contribution >= 0.6 is 0 Å². The molecule has 1 atom stereocenters. The van der Waals surface area contributed by atoms with Gasteiger partial charge in [0.15, 0.2) is 0 Å². The van der Waals surface area contributed by atoms with Crippen LogP contribution in [-0.2, 0) is 22.7 Å². The third-order valence-corrected chi connectivity index (χ3v) is 5.60. The number of nitrogens with one attached hydrogen (secondary N) is 2. The normalized spacial score (nSPS) is 12.2. The fourth-order valence-electron chi connectivity index (χ4n) is 3.66. The first-order valence-corrected chi connectivity index (χ1v) is 11.7. The van der Waals surface area contributed by atoms with Crippen molar-refractivity contribution in [2.75, 3.05) is 5.32 Å². The van der Waals surface area contributed by atoms with Crippen molar-refractivity contribution in [1.29, 1.82) is 0 Å². The van der Waals surface area contributed by atoms with Crippen LogP contribution in [0.15, 0.2) is 77.6 Å². The molecule has 196 valence electrons. The van der Waals surface area contributed by atoms with E-state index in [1.807, 2.05) is 6.07 Å². The van der Waals surface area contributed by atoms with Gasteiger partial charge in [0.05, 0.1) is 12.1 Å². The number of halogens is 3. The maximum Gasteiger partial charge on any atom is 0.412 e. The van der Waals surface area contributed by atoms with E-state index < -0.39 is 48.7 Å². The Kier molecular flexibility index (Phi) is 9.10. The zero-order chi connectivity index (χ0) is 27.0. The molecule has 2 aromatic carbocycles. The Balaban J connectivity index is 1.84. The van der Waals surface area contributed by atoms with Gasteiger partial charge >= 0.3 is 12.3 Å². The molecule has 2 amide bonds. The molecule has 3 rings (SSSR count). The SMILES string of the molecule is CC(C)C(CC(F)(F)F)NC(=O)Cn1c(-c2ccccc2)ccc(NC(=O)OCc2ccccc2)c1=O. The quantitative estimate of drug-likeness (QED) is 0.402. The molecule has 37 heavy (non-hydrogen) atoms. The van der Waals surface area contributed by atoms with Crippen LogP contribution < -0.4 is 16.2 Å². The number of ether oxygens (including phenoxy) is 1. The number of pyridine rings is 1. The van der Waals surface area contributed by atoms with Crippen molar-refractivity contribution < 1.29 is 27.5 Å². The first-order valence-electron chi connectivity index (χ1n) is 11.7. The Labute approximate surface area is 212 Å². The predicted octanol–water partition coefficient (Wildman–Crippen LogP) is 5.36. The Bertz CT molecular complexity index is 1260. The molecular formula is C27H28F3N3O4. The van der Waals surface area contributed by atoms with Gasteiger partial charge in [0, 0.05) is 6.04 Å². The molecule has 0 bridgehead atoms. The van der Waals surface area contributed by atoms with Crippen LogP contribution in [0.5, 0.6) is 0 Å². The summed E-state index contributed by atoms with van der Waals surface area (Å²) in [6.45, 7) is 2.59. The summed E-state index contributed by atoms with van der Waals surface area (Å²) in [7, 11) is 0. The lowest BCUT2D eigenvalue weighted by Gasteiger charge is -2.24. The van der Waals surface area contributed by atoms with Gasteiger partial charge in [-0.05, 0) is 29.2 Å². The van der Waals surface area contributed by atoms with Crippen molar-refractivity contribution >= 4 is 17.7 Å². The number of hydrogen-bond acceptors (Lipinski definition) is 4. The second-order valence-corrected chi connectivity index (χ2v) is 8.81. The van der Waals surface area contributed by atoms with Crippen LogP contribution in [0.3, 0.4) is 0 Å². The minimum absolute atomic E-state index is 0.0127. The molecule has 2 N–H and O–H groups in total. The topological polar surface area (TPSA) is 89.4 Å². The van der Waals surface area contributed by atoms with E-state index in [1.165, 1.54) is 6.07 Å². The third kappa shape index (κ3) is 8.23. The standard InChI is InChI=1S/C27H28F3N3O4/c1-18(2)22(15-27(28,29)30)31-24(34)16-33-23(20-11-7-4-8-12-20)14-13-21(25(33)35)32-26(36)37-17-19-9-5-3-6-10-19/h3-14,18,22H,15-17H2,1-2H3,(H,31,34)(H,32,36). The summed E-state index contributed by atoms with van der Waals surface area (Å²) in [4.78, 5) is 38.4. The van der Waals surface area contributed by atoms with Gasteiger partial charge in [-0.15, -0.1) is 0 Å². The minimum Gasteiger partial charge on any atom is -0.444 e. The fourth-order valence-corrected chi connectivity index (χ4v) is 3.66. The van der Waals surface area contributed by atoms with E-state index in [9.17, 15) is 27.6 Å². The van der Waals surface area contributed by atoms with Crippen LogP contribution in [0.2, 0.25) is 0 Å². The van der Waals surface area contributed by atoms with Crippen molar-refractivity contribution in [3.8, 4) is 11.3 Å². The Hall–Kier alpha value is -4.08. The second kappa shape index (κ2) is 12.2. The molecule has 0 aliphatic carbocycles. The van der Waals surface area contributed by atoms with Crippen molar-refractivity contribution in [1.82, 2.24) is 9.88 Å². The van der Waals surface area contributed by atoms with Gasteiger partial charge in [-0.3, -0.25) is 19.5 Å². The van der Waals surface area contributed by atoms with Crippen LogP contribution in [0, 0.1) is 5.92 Å². The van der Waals surface area contributed by atoms with Crippen LogP contribution in [0.1, 0.15) is 25.8 Å². The molecular weight excluding hydrogens is 487 g/mol. The Morgan fingerprint density at radius 2 is 1.57 bits per heavy atom. The smallest absolute Gasteiger partial charge is 0.412 e. The van der Waals surface area contributed by atoms with Crippen molar-refractivity contribution in [2.45, 2.75) is 45.6 Å². The lowest BCUT2D eigenvalue weighted by atomic mass is 10.0. The number of nitrogens with zero attached hydrogens (tertiary/aromatic N) is 1. The highest BCUT2D eigenvalue weighted by Crippen LogP contribution is 2.25. The summed E-state index contributed by atoms with van der Waals surface area (Å²) >= 11 is 0. The number of alkyl halides is 3. The molecule has 3 aromatic rings. The number of hydrogen-bond donors (Lipinski definition) is 2. The Morgan fingerprint density at radius 1 is 0.946 bits per heavy atom. The van der Waals surface area contributed by atoms with Gasteiger partial charge in [0.1, 0.15) is 18.8 Å². The molecule has 0 aliphatic heterocycles. The maximum absolute atomic E-state index is 13.3. The summed E-state index contributed by atoms with van der Waals surface area (Å²) in [5.74, 6) is -1.24. The molecule has 1 heterocycles. The monoisotopic (exact) mass is 515 g/mol.